The molecule has 5 heteroatoms. The van der Waals surface area contributed by atoms with Crippen molar-refractivity contribution in [3.05, 3.63) is 58.2 Å². The number of nitrogens with zero attached hydrogens (tertiary/aromatic N) is 1. The highest BCUT2D eigenvalue weighted by atomic mass is 79.9. The highest BCUT2D eigenvalue weighted by molar-refractivity contribution is 9.08. The largest absolute Gasteiger partial charge is 0.422 e. The standard InChI is InChI=1S/C24H26N2O2.CH3Br/c1-23(2)7-11-26-12-8-24(3,4)19-20(26)18(23)14-16-13-17(22(27)28-21(16)19)15-5-9-25-10-6-15;1-2/h5-6,9-10,13-14H,7-8,11-12H2,1-4H3;1H3/p+1. The number of hydrogen-bond acceptors (Lipinski definition) is 3. The third-order valence-electron chi connectivity index (χ3n) is 6.76. The van der Waals surface area contributed by atoms with Crippen LogP contribution in [0.25, 0.3) is 22.1 Å². The second-order valence-electron chi connectivity index (χ2n) is 9.56. The Labute approximate surface area is 186 Å². The molecule has 3 aromatic rings. The molecule has 0 bridgehead atoms. The van der Waals surface area contributed by atoms with E-state index in [1.807, 2.05) is 36.4 Å². The molecule has 0 spiro atoms. The van der Waals surface area contributed by atoms with E-state index in [0.717, 1.165) is 42.5 Å². The lowest BCUT2D eigenvalue weighted by molar-refractivity contribution is -0.377. The number of hydrogen-bond donors (Lipinski definition) is 0. The van der Waals surface area contributed by atoms with Crippen LogP contribution < -0.4 is 15.5 Å². The Kier molecular flexibility index (Phi) is 5.29. The van der Waals surface area contributed by atoms with Crippen LogP contribution in [0.5, 0.6) is 0 Å². The van der Waals surface area contributed by atoms with Crippen LogP contribution in [-0.2, 0) is 10.8 Å². The molecule has 4 nitrogen and oxygen atoms in total. The summed E-state index contributed by atoms with van der Waals surface area (Å²) in [5.74, 6) is 1.81. The SMILES string of the molecule is CBr.CC1(C)CCN2CCC(C)(C)c3c2c1cc1cc(-c2cc[nH+]cc2)c(=O)oc31. The Bertz CT molecular complexity index is 1150. The summed E-state index contributed by atoms with van der Waals surface area (Å²) in [6, 6.07) is 8.11. The summed E-state index contributed by atoms with van der Waals surface area (Å²) in [5.41, 5.74) is 5.99. The van der Waals surface area contributed by atoms with Gasteiger partial charge in [-0.25, -0.2) is 9.78 Å². The highest BCUT2D eigenvalue weighted by Crippen LogP contribution is 2.51. The summed E-state index contributed by atoms with van der Waals surface area (Å²) >= 11 is 2.94. The van der Waals surface area contributed by atoms with Gasteiger partial charge in [0.15, 0.2) is 12.4 Å². The topological polar surface area (TPSA) is 47.6 Å². The van der Waals surface area contributed by atoms with Crippen molar-refractivity contribution in [3.8, 4) is 11.1 Å². The number of nitrogens with one attached hydrogen (secondary N) is 1. The number of pyridine rings is 1. The zero-order valence-corrected chi connectivity index (χ0v) is 20.0. The molecule has 2 aliphatic rings. The van der Waals surface area contributed by atoms with E-state index in [2.05, 4.69) is 59.6 Å². The highest BCUT2D eigenvalue weighted by Gasteiger charge is 2.41. The van der Waals surface area contributed by atoms with Crippen molar-refractivity contribution < 1.29 is 9.40 Å². The van der Waals surface area contributed by atoms with E-state index >= 15 is 0 Å². The van der Waals surface area contributed by atoms with Crippen molar-refractivity contribution in [2.75, 3.05) is 23.8 Å². The number of benzene rings is 1. The quantitative estimate of drug-likeness (QED) is 0.351. The fourth-order valence-electron chi connectivity index (χ4n) is 4.92. The summed E-state index contributed by atoms with van der Waals surface area (Å²) in [6.45, 7) is 11.4. The summed E-state index contributed by atoms with van der Waals surface area (Å²) in [7, 11) is 0. The number of alkyl halides is 1. The van der Waals surface area contributed by atoms with Gasteiger partial charge in [-0.05, 0) is 47.2 Å². The predicted molar refractivity (Wildman–Crippen MR) is 127 cm³/mol. The van der Waals surface area contributed by atoms with Gasteiger partial charge >= 0.3 is 5.63 Å². The van der Waals surface area contributed by atoms with E-state index in [0.29, 0.717) is 5.56 Å². The maximum atomic E-state index is 12.9. The molecule has 0 radical (unpaired) electrons. The van der Waals surface area contributed by atoms with E-state index in [1.54, 1.807) is 0 Å². The van der Waals surface area contributed by atoms with Crippen molar-refractivity contribution in [1.29, 1.82) is 0 Å². The summed E-state index contributed by atoms with van der Waals surface area (Å²) in [5, 5.41) is 1.03. The maximum Gasteiger partial charge on any atom is 0.344 e. The van der Waals surface area contributed by atoms with E-state index in [9.17, 15) is 4.79 Å². The second kappa shape index (κ2) is 7.52. The first kappa shape index (κ1) is 21.1. The zero-order valence-electron chi connectivity index (χ0n) is 18.4. The molecule has 30 heavy (non-hydrogen) atoms. The van der Waals surface area contributed by atoms with Crippen LogP contribution in [0, 0.1) is 0 Å². The van der Waals surface area contributed by atoms with Gasteiger partial charge in [-0.2, -0.15) is 0 Å². The van der Waals surface area contributed by atoms with Crippen LogP contribution in [0.2, 0.25) is 0 Å². The van der Waals surface area contributed by atoms with Crippen molar-refractivity contribution in [2.24, 2.45) is 0 Å². The molecule has 0 amide bonds. The molecule has 0 aliphatic carbocycles. The van der Waals surface area contributed by atoms with Gasteiger partial charge in [0.25, 0.3) is 0 Å². The number of halogens is 1. The molecular formula is C25H30BrN2O2+. The molecule has 1 aromatic carbocycles. The Morgan fingerprint density at radius 2 is 1.63 bits per heavy atom. The lowest BCUT2D eigenvalue weighted by Gasteiger charge is -2.48. The van der Waals surface area contributed by atoms with Gasteiger partial charge in [0, 0.05) is 47.4 Å². The molecule has 4 heterocycles. The van der Waals surface area contributed by atoms with E-state index < -0.39 is 0 Å². The van der Waals surface area contributed by atoms with Crippen LogP contribution in [0.1, 0.15) is 51.7 Å². The lowest BCUT2D eigenvalue weighted by atomic mass is 9.69. The molecule has 0 fully saturated rings. The minimum absolute atomic E-state index is 0.0212. The molecule has 0 saturated carbocycles. The van der Waals surface area contributed by atoms with Crippen LogP contribution in [0.15, 0.2) is 45.9 Å². The summed E-state index contributed by atoms with van der Waals surface area (Å²) in [4.78, 5) is 18.4. The third-order valence-corrected chi connectivity index (χ3v) is 6.76. The van der Waals surface area contributed by atoms with E-state index in [4.69, 9.17) is 4.42 Å². The smallest absolute Gasteiger partial charge is 0.344 e. The number of anilines is 1. The van der Waals surface area contributed by atoms with Gasteiger partial charge in [0.05, 0.1) is 5.56 Å². The van der Waals surface area contributed by atoms with Crippen LogP contribution in [0.3, 0.4) is 0 Å². The number of rotatable bonds is 1. The Morgan fingerprint density at radius 3 is 2.30 bits per heavy atom. The molecule has 2 aliphatic heterocycles. The molecule has 0 saturated heterocycles. The maximum absolute atomic E-state index is 12.9. The van der Waals surface area contributed by atoms with Gasteiger partial charge < -0.3 is 9.32 Å². The lowest BCUT2D eigenvalue weighted by Crippen LogP contribution is -2.44. The minimum Gasteiger partial charge on any atom is -0.422 e. The molecule has 0 atom stereocenters. The molecule has 0 unspecified atom stereocenters. The first-order valence-corrected chi connectivity index (χ1v) is 12.1. The molecule has 5 rings (SSSR count). The Hall–Kier alpha value is -2.14. The van der Waals surface area contributed by atoms with Crippen molar-refractivity contribution in [2.45, 2.75) is 51.4 Å². The monoisotopic (exact) mass is 469 g/mol. The minimum atomic E-state index is -0.266. The van der Waals surface area contributed by atoms with Gasteiger partial charge in [-0.3, -0.25) is 0 Å². The van der Waals surface area contributed by atoms with E-state index in [1.165, 1.54) is 16.8 Å². The predicted octanol–water partition coefficient (Wildman–Crippen LogP) is 5.45. The van der Waals surface area contributed by atoms with Crippen molar-refractivity contribution in [3.63, 3.8) is 0 Å². The van der Waals surface area contributed by atoms with Crippen LogP contribution in [0.4, 0.5) is 5.69 Å². The molecule has 158 valence electrons. The Morgan fingerprint density at radius 1 is 1.00 bits per heavy atom. The number of fused-ring (bicyclic) bond motifs is 2. The normalized spacial score (nSPS) is 18.4. The van der Waals surface area contributed by atoms with Crippen LogP contribution in [-0.4, -0.2) is 18.9 Å². The van der Waals surface area contributed by atoms with Gasteiger partial charge in [0.1, 0.15) is 5.58 Å². The second-order valence-corrected chi connectivity index (χ2v) is 9.56. The number of aromatic nitrogens is 1. The summed E-state index contributed by atoms with van der Waals surface area (Å²) < 4.78 is 6.03. The third kappa shape index (κ3) is 3.27. The van der Waals surface area contributed by atoms with Crippen molar-refractivity contribution in [1.82, 2.24) is 0 Å². The molecule has 2 aromatic heterocycles. The van der Waals surface area contributed by atoms with Gasteiger partial charge in [-0.15, -0.1) is 0 Å². The first-order chi connectivity index (χ1) is 14.3. The first-order valence-electron chi connectivity index (χ1n) is 10.5. The molecular weight excluding hydrogens is 440 g/mol. The fraction of sp³-hybridized carbons (Fsp3) is 0.440. The summed E-state index contributed by atoms with van der Waals surface area (Å²) in [6.07, 6.45) is 5.88. The molecule has 1 N–H and O–H groups in total. The number of H-pyrrole nitrogens is 1. The van der Waals surface area contributed by atoms with Crippen molar-refractivity contribution >= 4 is 32.6 Å². The fourth-order valence-corrected chi connectivity index (χ4v) is 4.92. The Balaban J connectivity index is 0.00000106. The average molecular weight is 470 g/mol. The average Bonchev–Trinajstić information content (AvgIpc) is 2.73. The van der Waals surface area contributed by atoms with Crippen LogP contribution >= 0.6 is 15.9 Å². The number of aromatic amines is 1. The van der Waals surface area contributed by atoms with Gasteiger partial charge in [0.2, 0.25) is 0 Å². The van der Waals surface area contributed by atoms with E-state index in [-0.39, 0.29) is 16.5 Å². The zero-order chi connectivity index (χ0) is 21.7. The van der Waals surface area contributed by atoms with Gasteiger partial charge in [-0.1, -0.05) is 43.6 Å².